The Labute approximate surface area is 163 Å². The van der Waals surface area contributed by atoms with Gasteiger partial charge in [0, 0.05) is 24.0 Å². The fourth-order valence-corrected chi connectivity index (χ4v) is 6.16. The molecule has 0 amide bonds. The predicted octanol–water partition coefficient (Wildman–Crippen LogP) is 2.64. The van der Waals surface area contributed by atoms with E-state index in [9.17, 15) is 9.59 Å². The highest BCUT2D eigenvalue weighted by Gasteiger charge is 2.76. The highest BCUT2D eigenvalue weighted by Crippen LogP contribution is 2.76. The molecule has 0 aliphatic heterocycles. The molecule has 28 heavy (non-hydrogen) atoms. The van der Waals surface area contributed by atoms with Crippen molar-refractivity contribution < 1.29 is 4.74 Å². The van der Waals surface area contributed by atoms with E-state index >= 15 is 0 Å². The number of H-pyrrole nitrogens is 1. The third kappa shape index (κ3) is 2.12. The summed E-state index contributed by atoms with van der Waals surface area (Å²) in [5.41, 5.74) is 0.533. The lowest BCUT2D eigenvalue weighted by Gasteiger charge is -2.32. The quantitative estimate of drug-likeness (QED) is 0.810. The number of ether oxygens (including phenoxy) is 1. The van der Waals surface area contributed by atoms with Crippen molar-refractivity contribution in [2.24, 2.45) is 17.8 Å². The van der Waals surface area contributed by atoms with Crippen LogP contribution in [0.25, 0.3) is 0 Å². The maximum atomic E-state index is 13.2. The van der Waals surface area contributed by atoms with Crippen molar-refractivity contribution in [1.82, 2.24) is 14.3 Å². The molecule has 148 valence electrons. The molecule has 6 unspecified atom stereocenters. The number of benzene rings is 1. The minimum Gasteiger partial charge on any atom is -0.374 e. The number of nitrogens with zero attached hydrogens (tertiary/aromatic N) is 2. The molecule has 4 bridgehead atoms. The average Bonchev–Trinajstić information content (AvgIpc) is 3.13. The molecule has 6 heteroatoms. The zero-order chi connectivity index (χ0) is 19.6. The number of nitrogens with one attached hydrogen (secondary N) is 1. The van der Waals surface area contributed by atoms with Gasteiger partial charge in [0.05, 0.1) is 12.1 Å². The molecule has 1 aromatic carbocycles. The molecule has 0 radical (unpaired) electrons. The number of aromatic amines is 1. The average molecular weight is 381 g/mol. The zero-order valence-corrected chi connectivity index (χ0v) is 16.5. The fraction of sp³-hybridized carbons (Fsp3) is 0.545. The van der Waals surface area contributed by atoms with Gasteiger partial charge in [-0.15, -0.1) is 0 Å². The van der Waals surface area contributed by atoms with E-state index in [0.29, 0.717) is 18.4 Å². The number of rotatable bonds is 5. The SMILES string of the molecule is CCOC1C=CC2C3CC1C(n1[nH]c(=O)n(C(C)C)c1=O)C23c1ccccc1. The maximum absolute atomic E-state index is 13.2. The largest absolute Gasteiger partial charge is 0.374 e. The molecule has 0 saturated heterocycles. The Hall–Kier alpha value is -2.34. The van der Waals surface area contributed by atoms with Gasteiger partial charge in [-0.25, -0.2) is 23.9 Å². The standard InChI is InChI=1S/C22H27N3O3/c1-4-28-18-11-10-16-17-12-15(18)19(22(16,17)14-8-6-5-7-9-14)25-21(27)24(13(2)3)20(26)23-25/h5-11,13,15-19H,4,12H2,1-3H3,(H,23,26). The molecular formula is C22H27N3O3. The second kappa shape index (κ2) is 6.08. The Morgan fingerprint density at radius 3 is 2.61 bits per heavy atom. The minimum atomic E-state index is -0.331. The van der Waals surface area contributed by atoms with Crippen molar-refractivity contribution in [2.45, 2.75) is 50.8 Å². The van der Waals surface area contributed by atoms with E-state index in [1.54, 1.807) is 4.68 Å². The van der Waals surface area contributed by atoms with Crippen molar-refractivity contribution >= 4 is 0 Å². The van der Waals surface area contributed by atoms with E-state index in [4.69, 9.17) is 4.74 Å². The molecule has 4 aliphatic rings. The Morgan fingerprint density at radius 2 is 1.96 bits per heavy atom. The summed E-state index contributed by atoms with van der Waals surface area (Å²) >= 11 is 0. The summed E-state index contributed by atoms with van der Waals surface area (Å²) in [5.74, 6) is 1.01. The van der Waals surface area contributed by atoms with E-state index < -0.39 is 0 Å². The first-order valence-corrected chi connectivity index (χ1v) is 10.3. The number of fused-ring (bicyclic) bond motifs is 1. The highest BCUT2D eigenvalue weighted by molar-refractivity contribution is 5.46. The molecule has 2 fully saturated rings. The van der Waals surface area contributed by atoms with E-state index in [1.165, 1.54) is 10.1 Å². The Kier molecular flexibility index (Phi) is 3.85. The fourth-order valence-electron chi connectivity index (χ4n) is 6.16. The molecule has 4 aliphatic carbocycles. The van der Waals surface area contributed by atoms with Crippen LogP contribution in [0.2, 0.25) is 0 Å². The van der Waals surface area contributed by atoms with Crippen LogP contribution in [-0.4, -0.2) is 27.1 Å². The van der Waals surface area contributed by atoms with Gasteiger partial charge in [0.2, 0.25) is 0 Å². The maximum Gasteiger partial charge on any atom is 0.347 e. The first kappa shape index (κ1) is 17.7. The molecule has 1 heterocycles. The number of hydrogen-bond acceptors (Lipinski definition) is 3. The lowest BCUT2D eigenvalue weighted by Crippen LogP contribution is -2.40. The Morgan fingerprint density at radius 1 is 1.21 bits per heavy atom. The van der Waals surface area contributed by atoms with Gasteiger partial charge in [-0.1, -0.05) is 42.5 Å². The summed E-state index contributed by atoms with van der Waals surface area (Å²) in [6, 6.07) is 10.2. The van der Waals surface area contributed by atoms with E-state index in [1.807, 2.05) is 26.8 Å². The molecule has 6 atom stereocenters. The van der Waals surface area contributed by atoms with Crippen LogP contribution in [0.15, 0.2) is 52.1 Å². The molecule has 2 saturated carbocycles. The number of hydrogen-bond donors (Lipinski definition) is 1. The van der Waals surface area contributed by atoms with Crippen LogP contribution >= 0.6 is 0 Å². The summed E-state index contributed by atoms with van der Waals surface area (Å²) in [6.07, 6.45) is 5.45. The van der Waals surface area contributed by atoms with Gasteiger partial charge in [0.1, 0.15) is 0 Å². The van der Waals surface area contributed by atoms with Crippen molar-refractivity contribution in [1.29, 1.82) is 0 Å². The molecule has 1 aromatic heterocycles. The highest BCUT2D eigenvalue weighted by atomic mass is 16.5. The van der Waals surface area contributed by atoms with E-state index in [-0.39, 0.29) is 40.9 Å². The van der Waals surface area contributed by atoms with Crippen molar-refractivity contribution in [2.75, 3.05) is 6.61 Å². The Bertz CT molecular complexity index is 1030. The predicted molar refractivity (Wildman–Crippen MR) is 106 cm³/mol. The van der Waals surface area contributed by atoms with Gasteiger partial charge in [-0.05, 0) is 44.6 Å². The minimum absolute atomic E-state index is 0.0339. The summed E-state index contributed by atoms with van der Waals surface area (Å²) in [5, 5.41) is 2.89. The van der Waals surface area contributed by atoms with Crippen LogP contribution in [0.1, 0.15) is 44.8 Å². The van der Waals surface area contributed by atoms with Gasteiger partial charge >= 0.3 is 11.4 Å². The summed E-state index contributed by atoms with van der Waals surface area (Å²) in [6.45, 7) is 6.37. The van der Waals surface area contributed by atoms with Crippen LogP contribution in [0.4, 0.5) is 0 Å². The normalized spacial score (nSPS) is 35.4. The van der Waals surface area contributed by atoms with Gasteiger partial charge in [-0.2, -0.15) is 0 Å². The lowest BCUT2D eigenvalue weighted by molar-refractivity contribution is 0.0323. The van der Waals surface area contributed by atoms with Crippen LogP contribution in [0, 0.1) is 17.8 Å². The molecule has 6 rings (SSSR count). The van der Waals surface area contributed by atoms with Crippen LogP contribution in [-0.2, 0) is 10.2 Å². The first-order chi connectivity index (χ1) is 13.5. The Balaban J connectivity index is 1.71. The van der Waals surface area contributed by atoms with Gasteiger partial charge in [0.15, 0.2) is 0 Å². The summed E-state index contributed by atoms with van der Waals surface area (Å²) in [4.78, 5) is 25.8. The molecule has 1 N–H and O–H groups in total. The van der Waals surface area contributed by atoms with Crippen LogP contribution < -0.4 is 11.4 Å². The summed E-state index contributed by atoms with van der Waals surface area (Å²) in [7, 11) is 0. The van der Waals surface area contributed by atoms with Crippen molar-refractivity contribution in [3.8, 4) is 0 Å². The van der Waals surface area contributed by atoms with Crippen LogP contribution in [0.5, 0.6) is 0 Å². The molecular weight excluding hydrogens is 354 g/mol. The van der Waals surface area contributed by atoms with Gasteiger partial charge in [-0.3, -0.25) is 0 Å². The monoisotopic (exact) mass is 381 g/mol. The summed E-state index contributed by atoms with van der Waals surface area (Å²) < 4.78 is 9.01. The van der Waals surface area contributed by atoms with Gasteiger partial charge in [0.25, 0.3) is 0 Å². The van der Waals surface area contributed by atoms with E-state index in [2.05, 4.69) is 41.5 Å². The number of allylic oxidation sites excluding steroid dienone is 1. The second-order valence-electron chi connectivity index (χ2n) is 8.61. The smallest absolute Gasteiger partial charge is 0.347 e. The van der Waals surface area contributed by atoms with E-state index in [0.717, 1.165) is 6.42 Å². The number of aromatic nitrogens is 3. The van der Waals surface area contributed by atoms with Crippen molar-refractivity contribution in [3.63, 3.8) is 0 Å². The first-order valence-electron chi connectivity index (χ1n) is 10.3. The molecule has 6 nitrogen and oxygen atoms in total. The second-order valence-corrected chi connectivity index (χ2v) is 8.61. The zero-order valence-electron chi connectivity index (χ0n) is 16.5. The third-order valence-electron chi connectivity index (χ3n) is 7.12. The topological polar surface area (TPSA) is 69.0 Å². The van der Waals surface area contributed by atoms with Crippen LogP contribution in [0.3, 0.4) is 0 Å². The lowest BCUT2D eigenvalue weighted by atomic mass is 9.82. The third-order valence-corrected chi connectivity index (χ3v) is 7.12. The van der Waals surface area contributed by atoms with Crippen molar-refractivity contribution in [3.05, 3.63) is 69.0 Å². The molecule has 2 aromatic rings. The molecule has 0 spiro atoms. The van der Waals surface area contributed by atoms with Gasteiger partial charge < -0.3 is 4.74 Å².